The molecule has 0 aromatic heterocycles. The molecular formula is C16H14N2O3. The molecule has 0 radical (unpaired) electrons. The molecule has 1 amide bonds. The number of carbonyl (C=O) groups excluding carboxylic acids is 1. The van der Waals surface area contributed by atoms with Crippen molar-refractivity contribution in [2.24, 2.45) is 0 Å². The summed E-state index contributed by atoms with van der Waals surface area (Å²) < 4.78 is 5.27. The van der Waals surface area contributed by atoms with Gasteiger partial charge in [0.2, 0.25) is 0 Å². The fourth-order valence-electron chi connectivity index (χ4n) is 1.61. The second-order valence-electron chi connectivity index (χ2n) is 4.23. The SMILES string of the molecule is N#Cc1cccc(OCC(=O)NOCc2ccccc2)c1. The maximum atomic E-state index is 11.5. The van der Waals surface area contributed by atoms with E-state index in [1.54, 1.807) is 24.3 Å². The Morgan fingerprint density at radius 1 is 1.14 bits per heavy atom. The highest BCUT2D eigenvalue weighted by molar-refractivity contribution is 5.76. The van der Waals surface area contributed by atoms with Crippen molar-refractivity contribution >= 4 is 5.91 Å². The van der Waals surface area contributed by atoms with Gasteiger partial charge >= 0.3 is 0 Å². The minimum atomic E-state index is -0.395. The lowest BCUT2D eigenvalue weighted by molar-refractivity contribution is -0.136. The quantitative estimate of drug-likeness (QED) is 0.824. The lowest BCUT2D eigenvalue weighted by Gasteiger charge is -2.08. The first-order valence-electron chi connectivity index (χ1n) is 6.35. The van der Waals surface area contributed by atoms with E-state index in [4.69, 9.17) is 14.8 Å². The van der Waals surface area contributed by atoms with Gasteiger partial charge in [-0.15, -0.1) is 0 Å². The van der Waals surface area contributed by atoms with E-state index in [1.807, 2.05) is 36.4 Å². The Morgan fingerprint density at radius 2 is 1.95 bits per heavy atom. The van der Waals surface area contributed by atoms with Gasteiger partial charge in [0.25, 0.3) is 5.91 Å². The molecule has 0 fully saturated rings. The van der Waals surface area contributed by atoms with Gasteiger partial charge in [0.1, 0.15) is 5.75 Å². The first-order valence-corrected chi connectivity index (χ1v) is 6.35. The van der Waals surface area contributed by atoms with Crippen LogP contribution in [0.2, 0.25) is 0 Å². The van der Waals surface area contributed by atoms with Crippen LogP contribution >= 0.6 is 0 Å². The summed E-state index contributed by atoms with van der Waals surface area (Å²) in [6.07, 6.45) is 0. The topological polar surface area (TPSA) is 71.3 Å². The number of nitriles is 1. The zero-order chi connectivity index (χ0) is 14.9. The van der Waals surface area contributed by atoms with Gasteiger partial charge in [-0.25, -0.2) is 5.48 Å². The largest absolute Gasteiger partial charge is 0.484 e. The lowest BCUT2D eigenvalue weighted by atomic mass is 10.2. The van der Waals surface area contributed by atoms with Crippen molar-refractivity contribution in [3.8, 4) is 11.8 Å². The van der Waals surface area contributed by atoms with Crippen LogP contribution in [0.3, 0.4) is 0 Å². The van der Waals surface area contributed by atoms with E-state index in [1.165, 1.54) is 0 Å². The highest BCUT2D eigenvalue weighted by atomic mass is 16.7. The second kappa shape index (κ2) is 7.68. The molecule has 1 N–H and O–H groups in total. The van der Waals surface area contributed by atoms with Crippen molar-refractivity contribution in [1.29, 1.82) is 5.26 Å². The number of nitrogens with one attached hydrogen (secondary N) is 1. The Hall–Kier alpha value is -2.84. The summed E-state index contributed by atoms with van der Waals surface area (Å²) >= 11 is 0. The zero-order valence-corrected chi connectivity index (χ0v) is 11.3. The van der Waals surface area contributed by atoms with Crippen molar-refractivity contribution in [3.63, 3.8) is 0 Å². The van der Waals surface area contributed by atoms with Gasteiger partial charge < -0.3 is 4.74 Å². The first kappa shape index (κ1) is 14.6. The summed E-state index contributed by atoms with van der Waals surface area (Å²) in [6, 6.07) is 18.1. The number of rotatable bonds is 6. The van der Waals surface area contributed by atoms with E-state index < -0.39 is 5.91 Å². The smallest absolute Gasteiger partial charge is 0.281 e. The Balaban J connectivity index is 1.71. The third-order valence-corrected chi connectivity index (χ3v) is 2.60. The predicted molar refractivity (Wildman–Crippen MR) is 76.0 cm³/mol. The zero-order valence-electron chi connectivity index (χ0n) is 11.3. The molecule has 2 rings (SSSR count). The summed E-state index contributed by atoms with van der Waals surface area (Å²) in [5.41, 5.74) is 3.74. The van der Waals surface area contributed by atoms with Crippen LogP contribution in [0.1, 0.15) is 11.1 Å². The van der Waals surface area contributed by atoms with Crippen LogP contribution < -0.4 is 10.2 Å². The van der Waals surface area contributed by atoms with Crippen molar-refractivity contribution in [2.75, 3.05) is 6.61 Å². The molecule has 21 heavy (non-hydrogen) atoms. The molecule has 0 spiro atoms. The van der Waals surface area contributed by atoms with Gasteiger partial charge in [0.05, 0.1) is 18.2 Å². The highest BCUT2D eigenvalue weighted by Crippen LogP contribution is 2.12. The van der Waals surface area contributed by atoms with Crippen LogP contribution in [0.25, 0.3) is 0 Å². The lowest BCUT2D eigenvalue weighted by Crippen LogP contribution is -2.28. The molecule has 0 unspecified atom stereocenters. The number of hydrogen-bond acceptors (Lipinski definition) is 4. The molecule has 0 heterocycles. The van der Waals surface area contributed by atoms with E-state index in [2.05, 4.69) is 5.48 Å². The monoisotopic (exact) mass is 282 g/mol. The number of nitrogens with zero attached hydrogens (tertiary/aromatic N) is 1. The molecule has 0 aliphatic rings. The van der Waals surface area contributed by atoms with Crippen LogP contribution in [0.4, 0.5) is 0 Å². The van der Waals surface area contributed by atoms with Gasteiger partial charge in [-0.2, -0.15) is 5.26 Å². The van der Waals surface area contributed by atoms with Gasteiger partial charge in [0, 0.05) is 0 Å². The Bertz CT molecular complexity index is 635. The van der Waals surface area contributed by atoms with E-state index in [0.717, 1.165) is 5.56 Å². The molecule has 5 heteroatoms. The number of hydroxylamine groups is 1. The van der Waals surface area contributed by atoms with Gasteiger partial charge in [-0.3, -0.25) is 9.63 Å². The number of carbonyl (C=O) groups is 1. The molecule has 0 saturated carbocycles. The average Bonchev–Trinajstić information content (AvgIpc) is 2.54. The summed E-state index contributed by atoms with van der Waals surface area (Å²) in [5.74, 6) is 0.0700. The minimum Gasteiger partial charge on any atom is -0.484 e. The van der Waals surface area contributed by atoms with E-state index in [0.29, 0.717) is 11.3 Å². The van der Waals surface area contributed by atoms with Crippen molar-refractivity contribution in [3.05, 3.63) is 65.7 Å². The maximum absolute atomic E-state index is 11.5. The molecule has 0 atom stereocenters. The third-order valence-electron chi connectivity index (χ3n) is 2.60. The summed E-state index contributed by atoms with van der Waals surface area (Å²) in [6.45, 7) is 0.111. The standard InChI is InChI=1S/C16H14N2O3/c17-10-14-7-4-8-15(9-14)20-12-16(19)18-21-11-13-5-2-1-3-6-13/h1-9H,11-12H2,(H,18,19). The fraction of sp³-hybridized carbons (Fsp3) is 0.125. The van der Waals surface area contributed by atoms with Crippen LogP contribution in [-0.2, 0) is 16.2 Å². The predicted octanol–water partition coefficient (Wildman–Crippen LogP) is 2.19. The molecule has 0 bridgehead atoms. The number of hydrogen-bond donors (Lipinski definition) is 1. The Kier molecular flexibility index (Phi) is 5.33. The van der Waals surface area contributed by atoms with Crippen molar-refractivity contribution in [2.45, 2.75) is 6.61 Å². The van der Waals surface area contributed by atoms with E-state index in [-0.39, 0.29) is 13.2 Å². The van der Waals surface area contributed by atoms with Crippen molar-refractivity contribution < 1.29 is 14.4 Å². The molecule has 0 aliphatic carbocycles. The Labute approximate surface area is 122 Å². The molecule has 0 saturated heterocycles. The number of benzene rings is 2. The minimum absolute atomic E-state index is 0.177. The van der Waals surface area contributed by atoms with E-state index in [9.17, 15) is 4.79 Å². The Morgan fingerprint density at radius 3 is 2.71 bits per heavy atom. The summed E-state index contributed by atoms with van der Waals surface area (Å²) in [5, 5.41) is 8.76. The van der Waals surface area contributed by atoms with Crippen LogP contribution in [0, 0.1) is 11.3 Å². The number of ether oxygens (including phenoxy) is 1. The molecule has 2 aromatic carbocycles. The van der Waals surface area contributed by atoms with Crippen LogP contribution in [0.5, 0.6) is 5.75 Å². The van der Waals surface area contributed by atoms with Gasteiger partial charge in [0.15, 0.2) is 6.61 Å². The van der Waals surface area contributed by atoms with Gasteiger partial charge in [-0.05, 0) is 23.8 Å². The summed E-state index contributed by atoms with van der Waals surface area (Å²) in [7, 11) is 0. The first-order chi connectivity index (χ1) is 10.3. The summed E-state index contributed by atoms with van der Waals surface area (Å²) in [4.78, 5) is 16.6. The molecule has 5 nitrogen and oxygen atoms in total. The molecule has 0 aliphatic heterocycles. The molecule has 2 aromatic rings. The fourth-order valence-corrected chi connectivity index (χ4v) is 1.61. The number of amides is 1. The normalized spacial score (nSPS) is 9.67. The average molecular weight is 282 g/mol. The highest BCUT2D eigenvalue weighted by Gasteiger charge is 2.03. The maximum Gasteiger partial charge on any atom is 0.281 e. The van der Waals surface area contributed by atoms with Crippen LogP contribution in [-0.4, -0.2) is 12.5 Å². The van der Waals surface area contributed by atoms with Gasteiger partial charge in [-0.1, -0.05) is 36.4 Å². The third kappa shape index (κ3) is 4.97. The van der Waals surface area contributed by atoms with Crippen molar-refractivity contribution in [1.82, 2.24) is 5.48 Å². The molecule has 106 valence electrons. The second-order valence-corrected chi connectivity index (χ2v) is 4.23. The van der Waals surface area contributed by atoms with E-state index >= 15 is 0 Å². The van der Waals surface area contributed by atoms with Crippen LogP contribution in [0.15, 0.2) is 54.6 Å². The molecular weight excluding hydrogens is 268 g/mol.